The van der Waals surface area contributed by atoms with Crippen molar-refractivity contribution in [1.29, 1.82) is 0 Å². The molecule has 182 valence electrons. The van der Waals surface area contributed by atoms with Gasteiger partial charge in [0, 0.05) is 26.6 Å². The minimum absolute atomic E-state index is 0.0194. The molecule has 0 aromatic carbocycles. The molecule has 0 aromatic rings. The van der Waals surface area contributed by atoms with Crippen LogP contribution >= 0.6 is 0 Å². The SMILES string of the molecule is CCCCCCCCCCCC(=O)N(CCC(=O)O)C[C@H]1O[C@H](OC)[C@@H](O)[C@@H](O)[C@@H]1O. The zero-order valence-electron chi connectivity index (χ0n) is 18.9. The van der Waals surface area contributed by atoms with Gasteiger partial charge in [-0.15, -0.1) is 0 Å². The van der Waals surface area contributed by atoms with Crippen molar-refractivity contribution < 1.29 is 39.5 Å². The number of ether oxygens (including phenoxy) is 2. The molecule has 1 amide bonds. The van der Waals surface area contributed by atoms with Gasteiger partial charge in [-0.3, -0.25) is 9.59 Å². The average molecular weight is 448 g/mol. The number of carboxylic acids is 1. The molecule has 0 aromatic heterocycles. The molecule has 0 aliphatic carbocycles. The Morgan fingerprint density at radius 1 is 0.871 bits per heavy atom. The van der Waals surface area contributed by atoms with Crippen LogP contribution in [-0.2, 0) is 19.1 Å². The van der Waals surface area contributed by atoms with E-state index in [1.54, 1.807) is 0 Å². The predicted molar refractivity (Wildman–Crippen MR) is 114 cm³/mol. The Labute approximate surface area is 185 Å². The molecule has 31 heavy (non-hydrogen) atoms. The molecule has 5 atom stereocenters. The van der Waals surface area contributed by atoms with Crippen molar-refractivity contribution in [3.8, 4) is 0 Å². The van der Waals surface area contributed by atoms with E-state index in [-0.39, 0.29) is 31.8 Å². The molecule has 0 bridgehead atoms. The lowest BCUT2D eigenvalue weighted by Crippen LogP contribution is -2.60. The molecule has 1 fully saturated rings. The number of amides is 1. The number of unbranched alkanes of at least 4 members (excludes halogenated alkanes) is 8. The van der Waals surface area contributed by atoms with Gasteiger partial charge >= 0.3 is 5.97 Å². The minimum Gasteiger partial charge on any atom is -0.481 e. The summed E-state index contributed by atoms with van der Waals surface area (Å²) in [7, 11) is 1.30. The maximum absolute atomic E-state index is 12.7. The van der Waals surface area contributed by atoms with Crippen molar-refractivity contribution in [1.82, 2.24) is 4.90 Å². The number of hydrogen-bond donors (Lipinski definition) is 4. The van der Waals surface area contributed by atoms with Gasteiger partial charge in [-0.25, -0.2) is 0 Å². The fraction of sp³-hybridized carbons (Fsp3) is 0.909. The van der Waals surface area contributed by atoms with Crippen molar-refractivity contribution in [3.05, 3.63) is 0 Å². The van der Waals surface area contributed by atoms with E-state index >= 15 is 0 Å². The number of nitrogens with zero attached hydrogens (tertiary/aromatic N) is 1. The number of carboxylic acid groups (broad SMARTS) is 1. The second-order valence-electron chi connectivity index (χ2n) is 8.31. The summed E-state index contributed by atoms with van der Waals surface area (Å²) in [5, 5.41) is 39.1. The first-order valence-corrected chi connectivity index (χ1v) is 11.5. The molecular formula is C22H41NO8. The third-order valence-corrected chi connectivity index (χ3v) is 5.74. The van der Waals surface area contributed by atoms with Crippen LogP contribution in [0.5, 0.6) is 0 Å². The Balaban J connectivity index is 2.50. The zero-order chi connectivity index (χ0) is 23.2. The van der Waals surface area contributed by atoms with Gasteiger partial charge in [0.25, 0.3) is 0 Å². The van der Waals surface area contributed by atoms with E-state index in [9.17, 15) is 24.9 Å². The molecule has 4 N–H and O–H groups in total. The lowest BCUT2D eigenvalue weighted by Gasteiger charge is -2.41. The van der Waals surface area contributed by atoms with E-state index < -0.39 is 36.7 Å². The van der Waals surface area contributed by atoms with Crippen LogP contribution in [0.25, 0.3) is 0 Å². The molecule has 1 aliphatic rings. The van der Waals surface area contributed by atoms with Gasteiger partial charge in [-0.05, 0) is 6.42 Å². The van der Waals surface area contributed by atoms with Crippen molar-refractivity contribution in [3.63, 3.8) is 0 Å². The number of carbonyl (C=O) groups is 2. The topological polar surface area (TPSA) is 137 Å². The molecule has 0 saturated carbocycles. The number of hydrogen-bond acceptors (Lipinski definition) is 7. The second kappa shape index (κ2) is 15.5. The van der Waals surface area contributed by atoms with Gasteiger partial charge in [0.15, 0.2) is 6.29 Å². The lowest BCUT2D eigenvalue weighted by molar-refractivity contribution is -0.291. The molecule has 1 aliphatic heterocycles. The molecule has 9 heteroatoms. The van der Waals surface area contributed by atoms with Crippen LogP contribution in [0, 0.1) is 0 Å². The van der Waals surface area contributed by atoms with Crippen molar-refractivity contribution in [2.24, 2.45) is 0 Å². The monoisotopic (exact) mass is 447 g/mol. The van der Waals surface area contributed by atoms with Crippen molar-refractivity contribution in [2.75, 3.05) is 20.2 Å². The van der Waals surface area contributed by atoms with Crippen LogP contribution in [0.15, 0.2) is 0 Å². The van der Waals surface area contributed by atoms with Crippen molar-refractivity contribution in [2.45, 2.75) is 108 Å². The summed E-state index contributed by atoms with van der Waals surface area (Å²) in [6.45, 7) is 2.09. The standard InChI is InChI=1S/C22H41NO8/c1-3-4-5-6-7-8-9-10-11-12-17(24)23(14-13-18(25)26)15-16-19(27)20(28)21(29)22(30-2)31-16/h16,19-22,27-29H,3-15H2,1-2H3,(H,25,26)/t16-,19-,20+,21+,22+/m1/s1. The highest BCUT2D eigenvalue weighted by Gasteiger charge is 2.44. The summed E-state index contributed by atoms with van der Waals surface area (Å²) in [4.78, 5) is 25.0. The van der Waals surface area contributed by atoms with Crippen molar-refractivity contribution >= 4 is 11.9 Å². The van der Waals surface area contributed by atoms with Gasteiger partial charge in [-0.1, -0.05) is 58.3 Å². The maximum Gasteiger partial charge on any atom is 0.305 e. The number of aliphatic hydroxyl groups is 3. The van der Waals surface area contributed by atoms with Gasteiger partial charge in [0.05, 0.1) is 6.42 Å². The quantitative estimate of drug-likeness (QED) is 0.262. The third-order valence-electron chi connectivity index (χ3n) is 5.74. The molecule has 0 spiro atoms. The van der Waals surface area contributed by atoms with E-state index in [1.807, 2.05) is 0 Å². The Bertz CT molecular complexity index is 516. The Hall–Kier alpha value is -1.26. The zero-order valence-corrected chi connectivity index (χ0v) is 18.9. The molecule has 1 saturated heterocycles. The first-order chi connectivity index (χ1) is 14.8. The predicted octanol–water partition coefficient (Wildman–Crippen LogP) is 1.66. The molecule has 1 heterocycles. The van der Waals surface area contributed by atoms with Gasteiger partial charge in [0.1, 0.15) is 24.4 Å². The Morgan fingerprint density at radius 2 is 1.45 bits per heavy atom. The van der Waals surface area contributed by atoms with Crippen LogP contribution in [-0.4, -0.2) is 88.1 Å². The largest absolute Gasteiger partial charge is 0.481 e. The molecule has 9 nitrogen and oxygen atoms in total. The van der Waals surface area contributed by atoms with E-state index in [2.05, 4.69) is 6.92 Å². The van der Waals surface area contributed by atoms with Crippen LogP contribution in [0.1, 0.15) is 77.6 Å². The lowest BCUT2D eigenvalue weighted by atomic mass is 9.98. The number of aliphatic carboxylic acids is 1. The molecular weight excluding hydrogens is 406 g/mol. The van der Waals surface area contributed by atoms with Crippen LogP contribution in [0.2, 0.25) is 0 Å². The number of methoxy groups -OCH3 is 1. The third kappa shape index (κ3) is 10.3. The number of aliphatic hydroxyl groups excluding tert-OH is 3. The van der Waals surface area contributed by atoms with Crippen LogP contribution in [0.3, 0.4) is 0 Å². The van der Waals surface area contributed by atoms with E-state index in [4.69, 9.17) is 14.6 Å². The van der Waals surface area contributed by atoms with E-state index in [1.165, 1.54) is 44.1 Å². The first kappa shape index (κ1) is 27.8. The molecule has 1 rings (SSSR count). The fourth-order valence-corrected chi connectivity index (χ4v) is 3.77. The normalized spacial score (nSPS) is 26.0. The second-order valence-corrected chi connectivity index (χ2v) is 8.31. The average Bonchev–Trinajstić information content (AvgIpc) is 2.75. The van der Waals surface area contributed by atoms with Gasteiger partial charge in [-0.2, -0.15) is 0 Å². The maximum atomic E-state index is 12.7. The van der Waals surface area contributed by atoms with E-state index in [0.717, 1.165) is 19.3 Å². The molecule has 0 radical (unpaired) electrons. The summed E-state index contributed by atoms with van der Waals surface area (Å²) >= 11 is 0. The highest BCUT2D eigenvalue weighted by Crippen LogP contribution is 2.23. The van der Waals surface area contributed by atoms with Gasteiger partial charge < -0.3 is 34.8 Å². The minimum atomic E-state index is -1.49. The summed E-state index contributed by atoms with van der Waals surface area (Å²) in [5.41, 5.74) is 0. The Kier molecular flexibility index (Phi) is 13.9. The Morgan fingerprint density at radius 3 is 2.00 bits per heavy atom. The highest BCUT2D eigenvalue weighted by atomic mass is 16.7. The van der Waals surface area contributed by atoms with Crippen LogP contribution < -0.4 is 0 Å². The molecule has 0 unspecified atom stereocenters. The number of rotatable bonds is 16. The fourth-order valence-electron chi connectivity index (χ4n) is 3.77. The van der Waals surface area contributed by atoms with Gasteiger partial charge in [0.2, 0.25) is 5.91 Å². The van der Waals surface area contributed by atoms with E-state index in [0.29, 0.717) is 6.42 Å². The number of carbonyl (C=O) groups excluding carboxylic acids is 1. The summed E-state index contributed by atoms with van der Waals surface area (Å²) in [5.74, 6) is -1.24. The van der Waals surface area contributed by atoms with Crippen LogP contribution in [0.4, 0.5) is 0 Å². The summed E-state index contributed by atoms with van der Waals surface area (Å²) in [6, 6.07) is 0. The first-order valence-electron chi connectivity index (χ1n) is 11.5. The highest BCUT2D eigenvalue weighted by molar-refractivity contribution is 5.77. The summed E-state index contributed by atoms with van der Waals surface area (Å²) in [6.07, 6.45) is 3.72. The summed E-state index contributed by atoms with van der Waals surface area (Å²) < 4.78 is 10.5. The smallest absolute Gasteiger partial charge is 0.305 e.